The van der Waals surface area contributed by atoms with Crippen molar-refractivity contribution in [3.8, 4) is 5.75 Å². The van der Waals surface area contributed by atoms with Crippen molar-refractivity contribution in [2.75, 3.05) is 33.3 Å². The van der Waals surface area contributed by atoms with Crippen LogP contribution >= 0.6 is 0 Å². The molecule has 29 heavy (non-hydrogen) atoms. The molecule has 1 unspecified atom stereocenters. The summed E-state index contributed by atoms with van der Waals surface area (Å²) in [6.07, 6.45) is 10.4. The van der Waals surface area contributed by atoms with Crippen LogP contribution in [0.1, 0.15) is 18.9 Å². The summed E-state index contributed by atoms with van der Waals surface area (Å²) in [5, 5.41) is 3.36. The summed E-state index contributed by atoms with van der Waals surface area (Å²) in [6, 6.07) is 4.83. The number of nitrogens with one attached hydrogen (secondary N) is 1. The molecule has 0 aliphatic carbocycles. The Kier molecular flexibility index (Phi) is 5.53. The molecule has 1 atom stereocenters. The van der Waals surface area contributed by atoms with E-state index in [0.717, 1.165) is 49.6 Å². The molecule has 1 amide bonds. The van der Waals surface area contributed by atoms with Crippen molar-refractivity contribution in [1.29, 1.82) is 0 Å². The number of ether oxygens (including phenoxy) is 1. The van der Waals surface area contributed by atoms with Gasteiger partial charge in [0.2, 0.25) is 0 Å². The molecular weight excluding hydrogens is 369 g/mol. The third-order valence-electron chi connectivity index (χ3n) is 5.64. The number of piperazine rings is 1. The van der Waals surface area contributed by atoms with Gasteiger partial charge in [-0.05, 0) is 41.7 Å². The van der Waals surface area contributed by atoms with Crippen LogP contribution in [0, 0.1) is 11.7 Å². The average Bonchev–Trinajstić information content (AvgIpc) is 2.75. The molecular formula is C23H26FN3O2. The van der Waals surface area contributed by atoms with E-state index in [1.165, 1.54) is 13.2 Å². The zero-order chi connectivity index (χ0) is 20.4. The maximum atomic E-state index is 14.1. The van der Waals surface area contributed by atoms with Gasteiger partial charge in [-0.25, -0.2) is 4.39 Å². The second-order valence-corrected chi connectivity index (χ2v) is 7.55. The number of hydrogen-bond donors (Lipinski definition) is 1. The highest BCUT2D eigenvalue weighted by molar-refractivity contribution is 5.93. The molecule has 0 spiro atoms. The van der Waals surface area contributed by atoms with Crippen molar-refractivity contribution >= 4 is 11.5 Å². The molecule has 0 saturated carbocycles. The first-order valence-corrected chi connectivity index (χ1v) is 10.0. The number of carbonyl (C=O) groups excluding carboxylic acids is 1. The van der Waals surface area contributed by atoms with E-state index in [-0.39, 0.29) is 17.6 Å². The minimum atomic E-state index is -0.422. The van der Waals surface area contributed by atoms with Crippen LogP contribution in [0.25, 0.3) is 5.57 Å². The van der Waals surface area contributed by atoms with Gasteiger partial charge < -0.3 is 15.0 Å². The number of fused-ring (bicyclic) bond motifs is 1. The highest BCUT2D eigenvalue weighted by Gasteiger charge is 2.25. The highest BCUT2D eigenvalue weighted by Crippen LogP contribution is 2.31. The standard InChI is InChI=1S/C23H26FN3O2/c1-16-3-6-19-7-4-18(17-5-8-22(29-2)20(24)13-17)15-27(19)23(28)14-21(16)26-11-9-25-10-12-26/h4-8,13-16,25H,3,9-12H2,1-2H3. The van der Waals surface area contributed by atoms with Crippen LogP contribution in [0.15, 0.2) is 60.1 Å². The first-order chi connectivity index (χ1) is 14.1. The second-order valence-electron chi connectivity index (χ2n) is 7.55. The number of hydrogen-bond acceptors (Lipinski definition) is 4. The largest absolute Gasteiger partial charge is 0.494 e. The van der Waals surface area contributed by atoms with Crippen LogP contribution in [0.3, 0.4) is 0 Å². The number of halogens is 1. The van der Waals surface area contributed by atoms with E-state index >= 15 is 0 Å². The van der Waals surface area contributed by atoms with Gasteiger partial charge in [0, 0.05) is 49.8 Å². The van der Waals surface area contributed by atoms with Gasteiger partial charge in [-0.15, -0.1) is 0 Å². The molecule has 0 radical (unpaired) electrons. The topological polar surface area (TPSA) is 44.8 Å². The van der Waals surface area contributed by atoms with Crippen LogP contribution in [0.5, 0.6) is 5.75 Å². The van der Waals surface area contributed by atoms with Crippen molar-refractivity contribution in [3.63, 3.8) is 0 Å². The Bertz CT molecular complexity index is 926. The van der Waals surface area contributed by atoms with E-state index in [0.29, 0.717) is 5.56 Å². The Morgan fingerprint density at radius 1 is 1.21 bits per heavy atom. The molecule has 1 N–H and O–H groups in total. The van der Waals surface area contributed by atoms with Crippen LogP contribution in [0.4, 0.5) is 4.39 Å². The Morgan fingerprint density at radius 3 is 2.72 bits per heavy atom. The Balaban J connectivity index is 1.65. The lowest BCUT2D eigenvalue weighted by molar-refractivity contribution is -0.122. The SMILES string of the molecule is COc1ccc(C2=CN3C(=O)C=C(N4CCNCC4)C(C)CC=C3C=C2)cc1F. The van der Waals surface area contributed by atoms with Gasteiger partial charge >= 0.3 is 0 Å². The smallest absolute Gasteiger partial charge is 0.256 e. The van der Waals surface area contributed by atoms with Crippen LogP contribution in [-0.2, 0) is 4.79 Å². The molecule has 5 nitrogen and oxygen atoms in total. The number of nitrogens with zero attached hydrogens (tertiary/aromatic N) is 2. The third-order valence-corrected chi connectivity index (χ3v) is 5.64. The molecule has 1 aromatic rings. The number of rotatable bonds is 3. The van der Waals surface area contributed by atoms with Crippen LogP contribution < -0.4 is 10.1 Å². The van der Waals surface area contributed by atoms with Crippen molar-refractivity contribution < 1.29 is 13.9 Å². The summed E-state index contributed by atoms with van der Waals surface area (Å²) in [4.78, 5) is 17.1. The maximum absolute atomic E-state index is 14.1. The predicted molar refractivity (Wildman–Crippen MR) is 111 cm³/mol. The van der Waals surface area contributed by atoms with Gasteiger partial charge in [0.05, 0.1) is 7.11 Å². The Morgan fingerprint density at radius 2 is 2.00 bits per heavy atom. The van der Waals surface area contributed by atoms with Gasteiger partial charge in [-0.1, -0.05) is 25.1 Å². The van der Waals surface area contributed by atoms with E-state index < -0.39 is 5.82 Å². The summed E-state index contributed by atoms with van der Waals surface area (Å²) in [5.41, 5.74) is 3.43. The molecule has 1 aromatic carbocycles. The zero-order valence-corrected chi connectivity index (χ0v) is 16.8. The predicted octanol–water partition coefficient (Wildman–Crippen LogP) is 3.29. The van der Waals surface area contributed by atoms with E-state index in [1.54, 1.807) is 29.3 Å². The van der Waals surface area contributed by atoms with Crippen LogP contribution in [0.2, 0.25) is 0 Å². The first kappa shape index (κ1) is 19.5. The van der Waals surface area contributed by atoms with Crippen molar-refractivity contribution in [2.45, 2.75) is 13.3 Å². The molecule has 3 heterocycles. The number of allylic oxidation sites excluding steroid dienone is 5. The fourth-order valence-corrected chi connectivity index (χ4v) is 3.97. The summed E-state index contributed by atoms with van der Waals surface area (Å²) >= 11 is 0. The summed E-state index contributed by atoms with van der Waals surface area (Å²) < 4.78 is 19.1. The van der Waals surface area contributed by atoms with Gasteiger partial charge in [0.15, 0.2) is 11.6 Å². The minimum Gasteiger partial charge on any atom is -0.494 e. The fraction of sp³-hybridized carbons (Fsp3) is 0.348. The number of methoxy groups -OCH3 is 1. The monoisotopic (exact) mass is 395 g/mol. The Hall–Kier alpha value is -2.86. The van der Waals surface area contributed by atoms with Crippen molar-refractivity contribution in [1.82, 2.24) is 15.1 Å². The van der Waals surface area contributed by atoms with Crippen molar-refractivity contribution in [3.05, 3.63) is 71.5 Å². The molecule has 1 saturated heterocycles. The summed E-state index contributed by atoms with van der Waals surface area (Å²) in [6.45, 7) is 5.85. The van der Waals surface area contributed by atoms with Crippen molar-refractivity contribution in [2.24, 2.45) is 5.92 Å². The van der Waals surface area contributed by atoms with E-state index in [4.69, 9.17) is 4.74 Å². The third kappa shape index (κ3) is 3.98. The zero-order valence-electron chi connectivity index (χ0n) is 16.8. The molecule has 152 valence electrons. The average molecular weight is 395 g/mol. The van der Waals surface area contributed by atoms with Gasteiger partial charge in [0.1, 0.15) is 0 Å². The molecule has 0 aromatic heterocycles. The van der Waals surface area contributed by atoms with Crippen LogP contribution in [-0.4, -0.2) is 49.0 Å². The quantitative estimate of drug-likeness (QED) is 0.853. The maximum Gasteiger partial charge on any atom is 0.256 e. The minimum absolute atomic E-state index is 0.0767. The van der Waals surface area contributed by atoms with Gasteiger partial charge in [0.25, 0.3) is 5.91 Å². The number of benzene rings is 1. The molecule has 3 aliphatic rings. The lowest BCUT2D eigenvalue weighted by atomic mass is 9.96. The lowest BCUT2D eigenvalue weighted by Gasteiger charge is -2.36. The summed E-state index contributed by atoms with van der Waals surface area (Å²) in [5.74, 6) is -0.0164. The van der Waals surface area contributed by atoms with E-state index in [1.807, 2.05) is 12.2 Å². The molecule has 0 bridgehead atoms. The van der Waals surface area contributed by atoms with E-state index in [9.17, 15) is 9.18 Å². The lowest BCUT2D eigenvalue weighted by Crippen LogP contribution is -2.44. The first-order valence-electron chi connectivity index (χ1n) is 10.0. The molecule has 1 fully saturated rings. The van der Waals surface area contributed by atoms with E-state index in [2.05, 4.69) is 23.2 Å². The second kappa shape index (κ2) is 8.25. The summed E-state index contributed by atoms with van der Waals surface area (Å²) in [7, 11) is 1.44. The molecule has 4 rings (SSSR count). The number of amides is 1. The fourth-order valence-electron chi connectivity index (χ4n) is 3.97. The van der Waals surface area contributed by atoms with Gasteiger partial charge in [-0.2, -0.15) is 0 Å². The molecule has 3 aliphatic heterocycles. The normalized spacial score (nSPS) is 22.2. The number of carbonyl (C=O) groups is 1. The Labute approximate surface area is 170 Å². The molecule has 6 heteroatoms. The highest BCUT2D eigenvalue weighted by atomic mass is 19.1. The van der Waals surface area contributed by atoms with Gasteiger partial charge in [-0.3, -0.25) is 9.69 Å².